The molecule has 0 spiro atoms. The van der Waals surface area contributed by atoms with Crippen LogP contribution in [0.15, 0.2) is 27.4 Å². The van der Waals surface area contributed by atoms with E-state index in [9.17, 15) is 4.79 Å². The first-order valence-electron chi connectivity index (χ1n) is 4.96. The summed E-state index contributed by atoms with van der Waals surface area (Å²) in [4.78, 5) is 15.6. The monoisotopic (exact) mass is 298 g/mol. The van der Waals surface area contributed by atoms with E-state index in [0.717, 1.165) is 11.6 Å². The first-order valence-corrected chi connectivity index (χ1v) is 5.75. The van der Waals surface area contributed by atoms with Crippen molar-refractivity contribution < 1.29 is 13.9 Å². The van der Waals surface area contributed by atoms with Crippen molar-refractivity contribution in [2.75, 3.05) is 7.11 Å². The van der Waals surface area contributed by atoms with E-state index >= 15 is 0 Å². The van der Waals surface area contributed by atoms with Crippen LogP contribution >= 0.6 is 15.9 Å². The van der Waals surface area contributed by atoms with Crippen LogP contribution in [0.3, 0.4) is 0 Å². The maximum atomic E-state index is 11.5. The minimum absolute atomic E-state index is 0.406. The van der Waals surface area contributed by atoms with Crippen LogP contribution in [-0.4, -0.2) is 22.6 Å². The highest BCUT2D eigenvalue weighted by molar-refractivity contribution is 9.10. The van der Waals surface area contributed by atoms with E-state index in [-0.39, 0.29) is 0 Å². The molecule has 6 heteroatoms. The number of esters is 1. The number of rotatable bonds is 3. The van der Waals surface area contributed by atoms with Crippen LogP contribution < -0.4 is 0 Å². The summed E-state index contributed by atoms with van der Waals surface area (Å²) in [5, 5.41) is 0. The van der Waals surface area contributed by atoms with Crippen molar-refractivity contribution in [2.45, 2.75) is 13.5 Å². The van der Waals surface area contributed by atoms with Gasteiger partial charge in [0, 0.05) is 0 Å². The lowest BCUT2D eigenvalue weighted by Gasteiger charge is -2.06. The van der Waals surface area contributed by atoms with E-state index < -0.39 is 5.97 Å². The van der Waals surface area contributed by atoms with Crippen molar-refractivity contribution >= 4 is 21.9 Å². The Morgan fingerprint density at radius 2 is 2.35 bits per heavy atom. The minimum Gasteiger partial charge on any atom is -0.464 e. The average Bonchev–Trinajstić information content (AvgIpc) is 2.87. The molecule has 0 amide bonds. The number of aryl methyl sites for hydroxylation is 1. The van der Waals surface area contributed by atoms with E-state index in [2.05, 4.69) is 20.9 Å². The molecule has 0 aliphatic carbocycles. The number of aromatic nitrogens is 2. The van der Waals surface area contributed by atoms with Crippen molar-refractivity contribution in [3.63, 3.8) is 0 Å². The maximum Gasteiger partial charge on any atom is 0.356 e. The second-order valence-corrected chi connectivity index (χ2v) is 4.26. The van der Waals surface area contributed by atoms with Gasteiger partial charge in [-0.15, -0.1) is 0 Å². The van der Waals surface area contributed by atoms with Crippen LogP contribution in [0.5, 0.6) is 0 Å². The summed E-state index contributed by atoms with van der Waals surface area (Å²) in [6.45, 7) is 2.27. The number of nitrogens with zero attached hydrogens (tertiary/aromatic N) is 2. The summed E-state index contributed by atoms with van der Waals surface area (Å²) in [6, 6.07) is 3.64. The third-order valence-electron chi connectivity index (χ3n) is 2.39. The van der Waals surface area contributed by atoms with Crippen LogP contribution in [0.25, 0.3) is 0 Å². The zero-order valence-corrected chi connectivity index (χ0v) is 11.0. The summed E-state index contributed by atoms with van der Waals surface area (Å²) >= 11 is 3.23. The lowest BCUT2D eigenvalue weighted by molar-refractivity contribution is 0.0588. The van der Waals surface area contributed by atoms with Crippen LogP contribution in [0.4, 0.5) is 0 Å². The number of hydrogen-bond donors (Lipinski definition) is 0. The van der Waals surface area contributed by atoms with Gasteiger partial charge >= 0.3 is 5.97 Å². The number of ether oxygens (including phenoxy) is 1. The standard InChI is InChI=1S/C11H11BrN2O3/c1-7-13-5-9(11(15)16-2)14(7)6-8-3-4-10(12)17-8/h3-5H,6H2,1-2H3. The van der Waals surface area contributed by atoms with Gasteiger partial charge in [0.15, 0.2) is 4.67 Å². The molecule has 0 bridgehead atoms. The van der Waals surface area contributed by atoms with Gasteiger partial charge in [0.05, 0.1) is 19.9 Å². The highest BCUT2D eigenvalue weighted by atomic mass is 79.9. The molecular formula is C11H11BrN2O3. The molecule has 2 aromatic rings. The van der Waals surface area contributed by atoms with Crippen molar-refractivity contribution in [3.8, 4) is 0 Å². The van der Waals surface area contributed by atoms with Crippen LogP contribution in [0.1, 0.15) is 22.1 Å². The molecular weight excluding hydrogens is 288 g/mol. The third-order valence-corrected chi connectivity index (χ3v) is 2.82. The molecule has 0 saturated carbocycles. The zero-order chi connectivity index (χ0) is 12.4. The molecule has 17 heavy (non-hydrogen) atoms. The minimum atomic E-state index is -0.406. The molecule has 0 atom stereocenters. The van der Waals surface area contributed by atoms with E-state index in [1.807, 2.05) is 13.0 Å². The van der Waals surface area contributed by atoms with Gasteiger partial charge in [0.2, 0.25) is 0 Å². The molecule has 0 radical (unpaired) electrons. The number of halogens is 1. The summed E-state index contributed by atoms with van der Waals surface area (Å²) in [5.74, 6) is 1.07. The maximum absolute atomic E-state index is 11.5. The average molecular weight is 299 g/mol. The van der Waals surface area contributed by atoms with Gasteiger partial charge in [-0.25, -0.2) is 9.78 Å². The van der Waals surface area contributed by atoms with Crippen molar-refractivity contribution in [1.82, 2.24) is 9.55 Å². The molecule has 0 aliphatic heterocycles. The Labute approximate surface area is 107 Å². The molecule has 90 valence electrons. The predicted molar refractivity (Wildman–Crippen MR) is 63.8 cm³/mol. The largest absolute Gasteiger partial charge is 0.464 e. The number of furan rings is 1. The molecule has 0 aromatic carbocycles. The van der Waals surface area contributed by atoms with E-state index in [1.54, 1.807) is 10.6 Å². The van der Waals surface area contributed by atoms with Crippen molar-refractivity contribution in [1.29, 1.82) is 0 Å². The van der Waals surface area contributed by atoms with Crippen LogP contribution in [-0.2, 0) is 11.3 Å². The lowest BCUT2D eigenvalue weighted by Crippen LogP contribution is -2.12. The Morgan fingerprint density at radius 1 is 1.59 bits per heavy atom. The number of carbonyl (C=O) groups is 1. The molecule has 2 aromatic heterocycles. The molecule has 2 heterocycles. The number of methoxy groups -OCH3 is 1. The van der Waals surface area contributed by atoms with Gasteiger partial charge in [-0.05, 0) is 35.0 Å². The molecule has 0 fully saturated rings. The smallest absolute Gasteiger partial charge is 0.356 e. The van der Waals surface area contributed by atoms with Crippen molar-refractivity contribution in [3.05, 3.63) is 40.3 Å². The summed E-state index contributed by atoms with van der Waals surface area (Å²) in [6.07, 6.45) is 1.50. The highest BCUT2D eigenvalue weighted by Gasteiger charge is 2.16. The Morgan fingerprint density at radius 3 is 2.94 bits per heavy atom. The fraction of sp³-hybridized carbons (Fsp3) is 0.273. The van der Waals surface area contributed by atoms with Crippen LogP contribution in [0, 0.1) is 6.92 Å². The number of imidazole rings is 1. The van der Waals surface area contributed by atoms with Crippen LogP contribution in [0.2, 0.25) is 0 Å². The topological polar surface area (TPSA) is 57.3 Å². The Balaban J connectivity index is 2.31. The molecule has 0 aliphatic rings. The molecule has 2 rings (SSSR count). The fourth-order valence-corrected chi connectivity index (χ4v) is 1.87. The summed E-state index contributed by atoms with van der Waals surface area (Å²) in [7, 11) is 1.35. The first-order chi connectivity index (χ1) is 8.11. The van der Waals surface area contributed by atoms with Gasteiger partial charge in [0.1, 0.15) is 17.3 Å². The quantitative estimate of drug-likeness (QED) is 0.817. The Kier molecular flexibility index (Phi) is 3.33. The first kappa shape index (κ1) is 11.9. The molecule has 0 unspecified atom stereocenters. The summed E-state index contributed by atoms with van der Waals surface area (Å²) in [5.41, 5.74) is 0.414. The Hall–Kier alpha value is -1.56. The number of hydrogen-bond acceptors (Lipinski definition) is 4. The van der Waals surface area contributed by atoms with Gasteiger partial charge in [0.25, 0.3) is 0 Å². The predicted octanol–water partition coefficient (Wildman–Crippen LogP) is 2.38. The van der Waals surface area contributed by atoms with Gasteiger partial charge in [-0.2, -0.15) is 0 Å². The fourth-order valence-electron chi connectivity index (χ4n) is 1.53. The molecule has 0 saturated heterocycles. The molecule has 0 N–H and O–H groups in total. The van der Waals surface area contributed by atoms with Gasteiger partial charge < -0.3 is 13.7 Å². The SMILES string of the molecule is COC(=O)c1cnc(C)n1Cc1ccc(Br)o1. The lowest BCUT2D eigenvalue weighted by atomic mass is 10.4. The number of carbonyl (C=O) groups excluding carboxylic acids is 1. The zero-order valence-electron chi connectivity index (χ0n) is 9.44. The normalized spacial score (nSPS) is 10.5. The third kappa shape index (κ3) is 2.41. The second kappa shape index (κ2) is 4.75. The van der Waals surface area contributed by atoms with E-state index in [4.69, 9.17) is 9.15 Å². The highest BCUT2D eigenvalue weighted by Crippen LogP contribution is 2.17. The van der Waals surface area contributed by atoms with E-state index in [0.29, 0.717) is 16.9 Å². The second-order valence-electron chi connectivity index (χ2n) is 3.47. The van der Waals surface area contributed by atoms with Crippen molar-refractivity contribution in [2.24, 2.45) is 0 Å². The summed E-state index contributed by atoms with van der Waals surface area (Å²) < 4.78 is 12.5. The van der Waals surface area contributed by atoms with Gasteiger partial charge in [-0.3, -0.25) is 0 Å². The van der Waals surface area contributed by atoms with E-state index in [1.165, 1.54) is 13.3 Å². The Bertz CT molecular complexity index is 545. The molecule has 5 nitrogen and oxygen atoms in total. The van der Waals surface area contributed by atoms with Gasteiger partial charge in [-0.1, -0.05) is 0 Å².